The summed E-state index contributed by atoms with van der Waals surface area (Å²) < 4.78 is 30.8. The Morgan fingerprint density at radius 3 is 2.32 bits per heavy atom. The van der Waals surface area contributed by atoms with E-state index in [4.69, 9.17) is 4.74 Å². The van der Waals surface area contributed by atoms with Gasteiger partial charge in [-0.3, -0.25) is 9.10 Å². The minimum Gasteiger partial charge on any atom is -0.497 e. The molecule has 0 spiro atoms. The van der Waals surface area contributed by atoms with Crippen molar-refractivity contribution in [3.63, 3.8) is 0 Å². The highest BCUT2D eigenvalue weighted by Crippen LogP contribution is 2.21. The van der Waals surface area contributed by atoms with Crippen LogP contribution in [0.1, 0.15) is 29.5 Å². The zero-order valence-corrected chi connectivity index (χ0v) is 17.7. The summed E-state index contributed by atoms with van der Waals surface area (Å²) >= 11 is 0. The van der Waals surface area contributed by atoms with E-state index >= 15 is 0 Å². The third-order valence-electron chi connectivity index (χ3n) is 4.59. The lowest BCUT2D eigenvalue weighted by Gasteiger charge is -2.23. The molecule has 0 fully saturated rings. The van der Waals surface area contributed by atoms with Crippen molar-refractivity contribution in [1.82, 2.24) is 5.32 Å². The maximum Gasteiger partial charge on any atom is 0.232 e. The molecule has 0 atom stereocenters. The molecular formula is C21H28N2O4S. The minimum atomic E-state index is -3.42. The van der Waals surface area contributed by atoms with E-state index in [0.29, 0.717) is 18.7 Å². The third kappa shape index (κ3) is 6.27. The quantitative estimate of drug-likeness (QED) is 0.696. The Labute approximate surface area is 167 Å². The van der Waals surface area contributed by atoms with Crippen molar-refractivity contribution >= 4 is 21.6 Å². The molecule has 2 rings (SSSR count). The number of aryl methyl sites for hydroxylation is 2. The maximum atomic E-state index is 12.2. The van der Waals surface area contributed by atoms with Crippen molar-refractivity contribution in [3.8, 4) is 5.75 Å². The Kier molecular flexibility index (Phi) is 7.45. The first kappa shape index (κ1) is 21.8. The lowest BCUT2D eigenvalue weighted by molar-refractivity contribution is -0.121. The van der Waals surface area contributed by atoms with Crippen LogP contribution in [-0.2, 0) is 21.4 Å². The summed E-state index contributed by atoms with van der Waals surface area (Å²) in [5.74, 6) is 0.659. The van der Waals surface area contributed by atoms with E-state index in [9.17, 15) is 13.2 Å². The molecule has 0 saturated heterocycles. The van der Waals surface area contributed by atoms with Crippen LogP contribution in [0.3, 0.4) is 0 Å². The van der Waals surface area contributed by atoms with Gasteiger partial charge in [0.1, 0.15) is 5.75 Å². The molecule has 0 bridgehead atoms. The van der Waals surface area contributed by atoms with Crippen molar-refractivity contribution in [2.75, 3.05) is 24.2 Å². The molecule has 2 aromatic rings. The number of nitrogens with zero attached hydrogens (tertiary/aromatic N) is 1. The highest BCUT2D eigenvalue weighted by molar-refractivity contribution is 7.92. The normalized spacial score (nSPS) is 11.1. The number of carbonyl (C=O) groups is 1. The smallest absolute Gasteiger partial charge is 0.232 e. The van der Waals surface area contributed by atoms with Crippen molar-refractivity contribution in [2.24, 2.45) is 0 Å². The second-order valence-corrected chi connectivity index (χ2v) is 8.74. The van der Waals surface area contributed by atoms with E-state index in [1.165, 1.54) is 10.6 Å². The largest absolute Gasteiger partial charge is 0.497 e. The number of nitrogens with one attached hydrogen (secondary N) is 1. The molecule has 6 nitrogen and oxygen atoms in total. The van der Waals surface area contributed by atoms with E-state index in [1.807, 2.05) is 50.2 Å². The Hall–Kier alpha value is -2.54. The molecule has 0 aromatic heterocycles. The predicted octanol–water partition coefficient (Wildman–Crippen LogP) is 3.17. The maximum absolute atomic E-state index is 12.2. The van der Waals surface area contributed by atoms with Crippen LogP contribution in [-0.4, -0.2) is 34.2 Å². The molecule has 1 N–H and O–H groups in total. The van der Waals surface area contributed by atoms with Crippen LogP contribution < -0.4 is 14.4 Å². The van der Waals surface area contributed by atoms with Gasteiger partial charge in [0.2, 0.25) is 15.9 Å². The first-order chi connectivity index (χ1) is 13.2. The van der Waals surface area contributed by atoms with E-state index in [2.05, 4.69) is 5.32 Å². The van der Waals surface area contributed by atoms with Crippen LogP contribution >= 0.6 is 0 Å². The van der Waals surface area contributed by atoms with E-state index in [0.717, 1.165) is 22.4 Å². The number of hydrogen-bond donors (Lipinski definition) is 1. The van der Waals surface area contributed by atoms with Gasteiger partial charge in [0.15, 0.2) is 0 Å². The Bertz CT molecular complexity index is 909. The van der Waals surface area contributed by atoms with Gasteiger partial charge in [-0.05, 0) is 61.2 Å². The molecule has 152 valence electrons. The SMILES string of the molecule is COc1ccc(CNC(=O)CCCN(c2ccc(C)c(C)c2)S(C)(=O)=O)cc1. The number of anilines is 1. The molecule has 0 heterocycles. The minimum absolute atomic E-state index is 0.107. The zero-order chi connectivity index (χ0) is 20.7. The van der Waals surface area contributed by atoms with Gasteiger partial charge in [0.25, 0.3) is 0 Å². The number of rotatable bonds is 9. The Balaban J connectivity index is 1.89. The molecule has 2 aromatic carbocycles. The molecular weight excluding hydrogens is 376 g/mol. The van der Waals surface area contributed by atoms with Crippen LogP contribution in [0.5, 0.6) is 5.75 Å². The number of ether oxygens (including phenoxy) is 1. The van der Waals surface area contributed by atoms with Crippen molar-refractivity contribution in [1.29, 1.82) is 0 Å². The van der Waals surface area contributed by atoms with E-state index < -0.39 is 10.0 Å². The van der Waals surface area contributed by atoms with Crippen molar-refractivity contribution in [2.45, 2.75) is 33.2 Å². The summed E-state index contributed by atoms with van der Waals surface area (Å²) in [4.78, 5) is 12.1. The number of sulfonamides is 1. The number of amides is 1. The van der Waals surface area contributed by atoms with Gasteiger partial charge < -0.3 is 10.1 Å². The fourth-order valence-corrected chi connectivity index (χ4v) is 3.74. The first-order valence-electron chi connectivity index (χ1n) is 9.15. The second kappa shape index (κ2) is 9.59. The average molecular weight is 405 g/mol. The molecule has 0 aliphatic rings. The molecule has 28 heavy (non-hydrogen) atoms. The molecule has 0 aliphatic carbocycles. The van der Waals surface area contributed by atoms with Gasteiger partial charge in [0.05, 0.1) is 19.1 Å². The average Bonchev–Trinajstić information content (AvgIpc) is 2.65. The standard InChI is InChI=1S/C21H28N2O4S/c1-16-7-10-19(14-17(16)2)23(28(4,25)26)13-5-6-21(24)22-15-18-8-11-20(27-3)12-9-18/h7-12,14H,5-6,13,15H2,1-4H3,(H,22,24). The second-order valence-electron chi connectivity index (χ2n) is 6.83. The summed E-state index contributed by atoms with van der Waals surface area (Å²) in [6.45, 7) is 4.62. The predicted molar refractivity (Wildman–Crippen MR) is 112 cm³/mol. The number of hydrogen-bond acceptors (Lipinski definition) is 4. The summed E-state index contributed by atoms with van der Waals surface area (Å²) in [5.41, 5.74) is 3.74. The molecule has 0 aliphatic heterocycles. The van der Waals surface area contributed by atoms with Crippen LogP contribution in [0.2, 0.25) is 0 Å². The van der Waals surface area contributed by atoms with Crippen molar-refractivity contribution in [3.05, 3.63) is 59.2 Å². The first-order valence-corrected chi connectivity index (χ1v) is 11.0. The van der Waals surface area contributed by atoms with Gasteiger partial charge in [-0.15, -0.1) is 0 Å². The van der Waals surface area contributed by atoms with Crippen LogP contribution in [0.25, 0.3) is 0 Å². The van der Waals surface area contributed by atoms with E-state index in [1.54, 1.807) is 13.2 Å². The van der Waals surface area contributed by atoms with Gasteiger partial charge in [-0.25, -0.2) is 8.42 Å². The lowest BCUT2D eigenvalue weighted by Crippen LogP contribution is -2.32. The van der Waals surface area contributed by atoms with Crippen LogP contribution in [0, 0.1) is 13.8 Å². The summed E-state index contributed by atoms with van der Waals surface area (Å²) in [6, 6.07) is 13.0. The lowest BCUT2D eigenvalue weighted by atomic mass is 10.1. The number of carbonyl (C=O) groups excluding carboxylic acids is 1. The molecule has 1 amide bonds. The van der Waals surface area contributed by atoms with Crippen LogP contribution in [0.4, 0.5) is 5.69 Å². The molecule has 0 unspecified atom stereocenters. The number of benzene rings is 2. The Morgan fingerprint density at radius 1 is 1.07 bits per heavy atom. The monoisotopic (exact) mass is 404 g/mol. The summed E-state index contributed by atoms with van der Waals surface area (Å²) in [7, 11) is -1.81. The molecule has 7 heteroatoms. The van der Waals surface area contributed by atoms with Gasteiger partial charge >= 0.3 is 0 Å². The number of methoxy groups -OCH3 is 1. The topological polar surface area (TPSA) is 75.7 Å². The van der Waals surface area contributed by atoms with Gasteiger partial charge in [0, 0.05) is 19.5 Å². The fraction of sp³-hybridized carbons (Fsp3) is 0.381. The van der Waals surface area contributed by atoms with Crippen molar-refractivity contribution < 1.29 is 17.9 Å². The zero-order valence-electron chi connectivity index (χ0n) is 16.9. The summed E-state index contributed by atoms with van der Waals surface area (Å²) in [5, 5.41) is 2.86. The van der Waals surface area contributed by atoms with Gasteiger partial charge in [-0.2, -0.15) is 0 Å². The highest BCUT2D eigenvalue weighted by Gasteiger charge is 2.18. The Morgan fingerprint density at radius 2 is 1.75 bits per heavy atom. The molecule has 0 saturated carbocycles. The fourth-order valence-electron chi connectivity index (χ4n) is 2.78. The highest BCUT2D eigenvalue weighted by atomic mass is 32.2. The third-order valence-corrected chi connectivity index (χ3v) is 5.79. The summed E-state index contributed by atoms with van der Waals surface area (Å²) in [6.07, 6.45) is 1.88. The molecule has 0 radical (unpaired) electrons. The van der Waals surface area contributed by atoms with Gasteiger partial charge in [-0.1, -0.05) is 18.2 Å². The van der Waals surface area contributed by atoms with E-state index in [-0.39, 0.29) is 18.9 Å². The van der Waals surface area contributed by atoms with Crippen LogP contribution in [0.15, 0.2) is 42.5 Å².